The standard InChI is InChI=1S/C15H18N2OS/c1-9-5-7-13(8-6-9)15-17-11(3)14(19-15)10(2)16-12(4)18/h5-8,10H,1-4H3,(H,16,18). The van der Waals surface area contributed by atoms with Crippen molar-refractivity contribution in [3.63, 3.8) is 0 Å². The molecule has 1 heterocycles. The topological polar surface area (TPSA) is 42.0 Å². The highest BCUT2D eigenvalue weighted by atomic mass is 32.1. The molecular formula is C15H18N2OS. The van der Waals surface area contributed by atoms with Crippen LogP contribution in [0, 0.1) is 13.8 Å². The van der Waals surface area contributed by atoms with Crippen molar-refractivity contribution in [1.82, 2.24) is 10.3 Å². The smallest absolute Gasteiger partial charge is 0.217 e. The fourth-order valence-electron chi connectivity index (χ4n) is 2.00. The van der Waals surface area contributed by atoms with Crippen LogP contribution in [0.2, 0.25) is 0 Å². The Morgan fingerprint density at radius 1 is 1.26 bits per heavy atom. The number of nitrogens with zero attached hydrogens (tertiary/aromatic N) is 1. The summed E-state index contributed by atoms with van der Waals surface area (Å²) in [7, 11) is 0. The first-order valence-corrected chi connectivity index (χ1v) is 7.10. The minimum atomic E-state index is -0.0165. The zero-order chi connectivity index (χ0) is 14.0. The molecule has 1 atom stereocenters. The molecule has 0 spiro atoms. The lowest BCUT2D eigenvalue weighted by atomic mass is 10.2. The highest BCUT2D eigenvalue weighted by Crippen LogP contribution is 2.31. The number of thiazole rings is 1. The molecule has 0 saturated heterocycles. The third-order valence-electron chi connectivity index (χ3n) is 2.94. The van der Waals surface area contributed by atoms with Crippen molar-refractivity contribution in [3.05, 3.63) is 40.4 Å². The van der Waals surface area contributed by atoms with E-state index < -0.39 is 0 Å². The number of hydrogen-bond acceptors (Lipinski definition) is 3. The van der Waals surface area contributed by atoms with E-state index in [4.69, 9.17) is 0 Å². The van der Waals surface area contributed by atoms with E-state index in [0.29, 0.717) is 0 Å². The summed E-state index contributed by atoms with van der Waals surface area (Å²) in [6.07, 6.45) is 0. The maximum absolute atomic E-state index is 11.1. The summed E-state index contributed by atoms with van der Waals surface area (Å²) in [5, 5.41) is 3.91. The molecule has 0 aliphatic rings. The SMILES string of the molecule is CC(=O)NC(C)c1sc(-c2ccc(C)cc2)nc1C. The van der Waals surface area contributed by atoms with E-state index in [-0.39, 0.29) is 11.9 Å². The van der Waals surface area contributed by atoms with Crippen LogP contribution in [0.3, 0.4) is 0 Å². The van der Waals surface area contributed by atoms with E-state index >= 15 is 0 Å². The molecule has 1 aromatic carbocycles. The molecule has 1 N–H and O–H groups in total. The lowest BCUT2D eigenvalue weighted by Gasteiger charge is -2.10. The van der Waals surface area contributed by atoms with Crippen molar-refractivity contribution in [2.75, 3.05) is 0 Å². The van der Waals surface area contributed by atoms with E-state index in [2.05, 4.69) is 41.5 Å². The molecule has 0 aliphatic heterocycles. The van der Waals surface area contributed by atoms with Crippen molar-refractivity contribution >= 4 is 17.2 Å². The zero-order valence-corrected chi connectivity index (χ0v) is 12.5. The van der Waals surface area contributed by atoms with Crippen molar-refractivity contribution in [3.8, 4) is 10.6 Å². The molecule has 1 unspecified atom stereocenters. The molecule has 0 radical (unpaired) electrons. The Morgan fingerprint density at radius 3 is 2.47 bits per heavy atom. The summed E-state index contributed by atoms with van der Waals surface area (Å²) in [5.41, 5.74) is 3.35. The Balaban J connectivity index is 2.30. The van der Waals surface area contributed by atoms with Gasteiger partial charge in [-0.3, -0.25) is 4.79 Å². The van der Waals surface area contributed by atoms with Crippen molar-refractivity contribution in [2.24, 2.45) is 0 Å². The molecule has 19 heavy (non-hydrogen) atoms. The number of amides is 1. The van der Waals surface area contributed by atoms with Gasteiger partial charge in [0.15, 0.2) is 0 Å². The van der Waals surface area contributed by atoms with Gasteiger partial charge in [0.2, 0.25) is 5.91 Å². The maximum Gasteiger partial charge on any atom is 0.217 e. The minimum absolute atomic E-state index is 0.00852. The monoisotopic (exact) mass is 274 g/mol. The van der Waals surface area contributed by atoms with Gasteiger partial charge in [-0.15, -0.1) is 11.3 Å². The first-order chi connectivity index (χ1) is 8.97. The van der Waals surface area contributed by atoms with E-state index in [1.54, 1.807) is 11.3 Å². The number of aryl methyl sites for hydroxylation is 2. The highest BCUT2D eigenvalue weighted by molar-refractivity contribution is 7.15. The molecule has 0 aliphatic carbocycles. The van der Waals surface area contributed by atoms with Crippen LogP contribution in [0.25, 0.3) is 10.6 Å². The Kier molecular flexibility index (Phi) is 4.00. The van der Waals surface area contributed by atoms with E-state index in [1.807, 2.05) is 13.8 Å². The fraction of sp³-hybridized carbons (Fsp3) is 0.333. The van der Waals surface area contributed by atoms with Crippen LogP contribution >= 0.6 is 11.3 Å². The van der Waals surface area contributed by atoms with Crippen LogP contribution in [0.4, 0.5) is 0 Å². The van der Waals surface area contributed by atoms with Crippen molar-refractivity contribution < 1.29 is 4.79 Å². The van der Waals surface area contributed by atoms with Gasteiger partial charge in [0.25, 0.3) is 0 Å². The molecule has 2 aromatic rings. The number of nitrogens with one attached hydrogen (secondary N) is 1. The molecule has 1 aromatic heterocycles. The molecule has 2 rings (SSSR count). The Bertz CT molecular complexity index is 587. The van der Waals surface area contributed by atoms with Gasteiger partial charge in [-0.1, -0.05) is 29.8 Å². The first-order valence-electron chi connectivity index (χ1n) is 6.29. The lowest BCUT2D eigenvalue weighted by Crippen LogP contribution is -2.23. The van der Waals surface area contributed by atoms with E-state index in [9.17, 15) is 4.79 Å². The van der Waals surface area contributed by atoms with Crippen LogP contribution < -0.4 is 5.32 Å². The van der Waals surface area contributed by atoms with Gasteiger partial charge in [-0.25, -0.2) is 4.98 Å². The van der Waals surface area contributed by atoms with Gasteiger partial charge in [0, 0.05) is 12.5 Å². The molecule has 0 bridgehead atoms. The molecular weight excluding hydrogens is 256 g/mol. The normalized spacial score (nSPS) is 12.2. The van der Waals surface area contributed by atoms with Crippen LogP contribution in [0.1, 0.15) is 36.0 Å². The molecule has 0 saturated carbocycles. The fourth-order valence-corrected chi connectivity index (χ4v) is 3.07. The second kappa shape index (κ2) is 5.53. The Hall–Kier alpha value is -1.68. The minimum Gasteiger partial charge on any atom is -0.349 e. The summed E-state index contributed by atoms with van der Waals surface area (Å²) in [4.78, 5) is 16.8. The predicted octanol–water partition coefficient (Wildman–Crippen LogP) is 3.62. The largest absolute Gasteiger partial charge is 0.349 e. The lowest BCUT2D eigenvalue weighted by molar-refractivity contribution is -0.119. The van der Waals surface area contributed by atoms with Crippen LogP contribution in [0.5, 0.6) is 0 Å². The molecule has 100 valence electrons. The quantitative estimate of drug-likeness (QED) is 0.928. The van der Waals surface area contributed by atoms with Gasteiger partial charge < -0.3 is 5.32 Å². The molecule has 1 amide bonds. The average molecular weight is 274 g/mol. The second-order valence-corrected chi connectivity index (χ2v) is 5.79. The number of benzene rings is 1. The van der Waals surface area contributed by atoms with E-state index in [0.717, 1.165) is 21.1 Å². The number of hydrogen-bond donors (Lipinski definition) is 1. The Morgan fingerprint density at radius 2 is 1.89 bits per heavy atom. The predicted molar refractivity (Wildman–Crippen MR) is 79.3 cm³/mol. The number of aromatic nitrogens is 1. The third kappa shape index (κ3) is 3.20. The zero-order valence-electron chi connectivity index (χ0n) is 11.7. The van der Waals surface area contributed by atoms with Gasteiger partial charge in [-0.2, -0.15) is 0 Å². The van der Waals surface area contributed by atoms with Crippen LogP contribution in [-0.2, 0) is 4.79 Å². The summed E-state index contributed by atoms with van der Waals surface area (Å²) >= 11 is 1.64. The van der Waals surface area contributed by atoms with Gasteiger partial charge in [-0.05, 0) is 20.8 Å². The second-order valence-electron chi connectivity index (χ2n) is 4.76. The first kappa shape index (κ1) is 13.7. The van der Waals surface area contributed by atoms with Crippen LogP contribution in [-0.4, -0.2) is 10.9 Å². The van der Waals surface area contributed by atoms with Crippen molar-refractivity contribution in [1.29, 1.82) is 0 Å². The average Bonchev–Trinajstić information content (AvgIpc) is 2.71. The number of carbonyl (C=O) groups is 1. The summed E-state index contributed by atoms with van der Waals surface area (Å²) in [6, 6.07) is 8.35. The summed E-state index contributed by atoms with van der Waals surface area (Å²) in [6.45, 7) is 7.58. The van der Waals surface area contributed by atoms with Gasteiger partial charge >= 0.3 is 0 Å². The van der Waals surface area contributed by atoms with E-state index in [1.165, 1.54) is 12.5 Å². The summed E-state index contributed by atoms with van der Waals surface area (Å²) < 4.78 is 0. The number of carbonyl (C=O) groups excluding carboxylic acids is 1. The maximum atomic E-state index is 11.1. The van der Waals surface area contributed by atoms with Crippen LogP contribution in [0.15, 0.2) is 24.3 Å². The molecule has 0 fully saturated rings. The van der Waals surface area contributed by atoms with Gasteiger partial charge in [0.05, 0.1) is 16.6 Å². The Labute approximate surface area is 117 Å². The third-order valence-corrected chi connectivity index (χ3v) is 4.33. The highest BCUT2D eigenvalue weighted by Gasteiger charge is 2.15. The van der Waals surface area contributed by atoms with Crippen molar-refractivity contribution in [2.45, 2.75) is 33.7 Å². The molecule has 4 heteroatoms. The van der Waals surface area contributed by atoms with Gasteiger partial charge in [0.1, 0.15) is 5.01 Å². The molecule has 3 nitrogen and oxygen atoms in total. The summed E-state index contributed by atoms with van der Waals surface area (Å²) in [5.74, 6) is -0.0165. The number of rotatable bonds is 3.